The van der Waals surface area contributed by atoms with Crippen molar-refractivity contribution in [3.05, 3.63) is 59.0 Å². The van der Waals surface area contributed by atoms with Crippen LogP contribution in [0, 0.1) is 0 Å². The minimum Gasteiger partial charge on any atom is -0.448 e. The average molecular weight is 575 g/mol. The van der Waals surface area contributed by atoms with Crippen LogP contribution in [0.2, 0.25) is 0 Å². The maximum Gasteiger partial charge on any atom is 0.236 e. The fraction of sp³-hybridized carbons (Fsp3) is 0.556. The van der Waals surface area contributed by atoms with E-state index in [1.807, 2.05) is 36.4 Å². The zero-order chi connectivity index (χ0) is 29.9. The Morgan fingerprint density at radius 3 is 1.14 bits per heavy atom. The SMILES string of the molecule is CCCCCN(CCCCC)c1ccc2c(c1)OC(=C1Oc3cc(N(CCCCC)CCCCC)ccc3C1=O)C2=O. The molecular formula is C36H50N2O4. The number of anilines is 2. The summed E-state index contributed by atoms with van der Waals surface area (Å²) in [5, 5.41) is 0. The van der Waals surface area contributed by atoms with Crippen molar-refractivity contribution in [1.29, 1.82) is 0 Å². The van der Waals surface area contributed by atoms with Gasteiger partial charge in [-0.2, -0.15) is 0 Å². The first kappa shape index (κ1) is 31.7. The molecule has 0 aliphatic carbocycles. The van der Waals surface area contributed by atoms with E-state index in [1.54, 1.807) is 0 Å². The van der Waals surface area contributed by atoms with Gasteiger partial charge < -0.3 is 19.3 Å². The van der Waals surface area contributed by atoms with Crippen molar-refractivity contribution in [2.45, 2.75) is 105 Å². The number of hydrogen-bond donors (Lipinski definition) is 0. The van der Waals surface area contributed by atoms with Crippen molar-refractivity contribution in [1.82, 2.24) is 0 Å². The Labute approximate surface area is 253 Å². The van der Waals surface area contributed by atoms with Gasteiger partial charge in [0.1, 0.15) is 11.5 Å². The van der Waals surface area contributed by atoms with Gasteiger partial charge >= 0.3 is 0 Å². The average Bonchev–Trinajstić information content (AvgIpc) is 3.50. The highest BCUT2D eigenvalue weighted by Crippen LogP contribution is 2.41. The number of ketones is 2. The molecule has 2 aliphatic rings. The van der Waals surface area contributed by atoms with Crippen LogP contribution in [0.15, 0.2) is 47.9 Å². The molecule has 0 saturated heterocycles. The second kappa shape index (κ2) is 15.8. The van der Waals surface area contributed by atoms with Gasteiger partial charge in [0.05, 0.1) is 11.1 Å². The van der Waals surface area contributed by atoms with Gasteiger partial charge in [-0.25, -0.2) is 0 Å². The lowest BCUT2D eigenvalue weighted by molar-refractivity contribution is 0.0960. The Morgan fingerprint density at radius 1 is 0.500 bits per heavy atom. The largest absolute Gasteiger partial charge is 0.448 e. The van der Waals surface area contributed by atoms with Crippen LogP contribution in [0.5, 0.6) is 11.5 Å². The molecule has 0 atom stereocenters. The number of hydrogen-bond acceptors (Lipinski definition) is 6. The summed E-state index contributed by atoms with van der Waals surface area (Å²) < 4.78 is 12.2. The quantitative estimate of drug-likeness (QED) is 0.131. The van der Waals surface area contributed by atoms with Crippen molar-refractivity contribution in [2.24, 2.45) is 0 Å². The highest BCUT2D eigenvalue weighted by Gasteiger charge is 2.39. The van der Waals surface area contributed by atoms with Crippen LogP contribution >= 0.6 is 0 Å². The van der Waals surface area contributed by atoms with Crippen molar-refractivity contribution < 1.29 is 19.1 Å². The van der Waals surface area contributed by atoms with Crippen LogP contribution in [0.25, 0.3) is 0 Å². The Bertz CT molecular complexity index is 1140. The molecule has 0 spiro atoms. The van der Waals surface area contributed by atoms with Gasteiger partial charge in [-0.15, -0.1) is 0 Å². The molecule has 2 aliphatic heterocycles. The molecule has 42 heavy (non-hydrogen) atoms. The summed E-state index contributed by atoms with van der Waals surface area (Å²) in [5.41, 5.74) is 3.07. The number of benzene rings is 2. The van der Waals surface area contributed by atoms with E-state index in [0.29, 0.717) is 22.6 Å². The van der Waals surface area contributed by atoms with E-state index < -0.39 is 0 Å². The zero-order valence-electron chi connectivity index (χ0n) is 26.3. The van der Waals surface area contributed by atoms with Gasteiger partial charge in [0.15, 0.2) is 0 Å². The molecule has 6 heteroatoms. The third-order valence-electron chi connectivity index (χ3n) is 8.32. The summed E-state index contributed by atoms with van der Waals surface area (Å²) in [7, 11) is 0. The number of fused-ring (bicyclic) bond motifs is 2. The second-order valence-corrected chi connectivity index (χ2v) is 11.7. The maximum atomic E-state index is 13.4. The standard InChI is InChI=1S/C36H50N2O4/c1-5-9-13-21-37(22-14-10-6-2)27-17-19-29-31(25-27)41-35(33(29)39)36-34(40)30-20-18-28(26-32(30)42-36)38(23-15-11-7-3)24-16-12-8-4/h17-20,25-26H,5-16,21-24H2,1-4H3. The van der Waals surface area contributed by atoms with Gasteiger partial charge in [0.2, 0.25) is 23.1 Å². The first-order valence-corrected chi connectivity index (χ1v) is 16.5. The fourth-order valence-corrected chi connectivity index (χ4v) is 5.77. The molecule has 0 fully saturated rings. The summed E-state index contributed by atoms with van der Waals surface area (Å²) in [5.74, 6) is 0.408. The van der Waals surface area contributed by atoms with Crippen LogP contribution in [0.1, 0.15) is 125 Å². The van der Waals surface area contributed by atoms with E-state index in [4.69, 9.17) is 9.47 Å². The van der Waals surface area contributed by atoms with Crippen LogP contribution < -0.4 is 19.3 Å². The minimum atomic E-state index is -0.294. The first-order chi connectivity index (χ1) is 20.5. The monoisotopic (exact) mass is 574 g/mol. The molecule has 4 rings (SSSR count). The van der Waals surface area contributed by atoms with Crippen molar-refractivity contribution in [2.75, 3.05) is 36.0 Å². The number of rotatable bonds is 18. The topological polar surface area (TPSA) is 59.1 Å². The summed E-state index contributed by atoms with van der Waals surface area (Å²) >= 11 is 0. The highest BCUT2D eigenvalue weighted by molar-refractivity contribution is 6.21. The lowest BCUT2D eigenvalue weighted by Gasteiger charge is -2.25. The minimum absolute atomic E-state index is 0.00355. The number of Topliss-reactive ketones (excluding diaryl/α,β-unsaturated/α-hetero) is 2. The molecule has 0 radical (unpaired) electrons. The Morgan fingerprint density at radius 2 is 0.833 bits per heavy atom. The highest BCUT2D eigenvalue weighted by atomic mass is 16.5. The smallest absolute Gasteiger partial charge is 0.236 e. The summed E-state index contributed by atoms with van der Waals surface area (Å²) in [6.07, 6.45) is 14.0. The van der Waals surface area contributed by atoms with Crippen LogP contribution in [0.3, 0.4) is 0 Å². The predicted octanol–water partition coefficient (Wildman–Crippen LogP) is 9.12. The van der Waals surface area contributed by atoms with E-state index in [9.17, 15) is 9.59 Å². The van der Waals surface area contributed by atoms with E-state index >= 15 is 0 Å². The molecule has 6 nitrogen and oxygen atoms in total. The predicted molar refractivity (Wildman–Crippen MR) is 172 cm³/mol. The van der Waals surface area contributed by atoms with Crippen molar-refractivity contribution in [3.63, 3.8) is 0 Å². The van der Waals surface area contributed by atoms with Crippen LogP contribution in [-0.2, 0) is 0 Å². The third-order valence-corrected chi connectivity index (χ3v) is 8.32. The summed E-state index contributed by atoms with van der Waals surface area (Å²) in [4.78, 5) is 31.6. The van der Waals surface area contributed by atoms with Crippen molar-refractivity contribution >= 4 is 22.9 Å². The van der Waals surface area contributed by atoms with Gasteiger partial charge in [0, 0.05) is 49.7 Å². The first-order valence-electron chi connectivity index (χ1n) is 16.5. The van der Waals surface area contributed by atoms with E-state index in [-0.39, 0.29) is 23.1 Å². The maximum absolute atomic E-state index is 13.4. The normalized spacial score (nSPS) is 15.4. The van der Waals surface area contributed by atoms with Gasteiger partial charge in [-0.1, -0.05) is 79.1 Å². The second-order valence-electron chi connectivity index (χ2n) is 11.7. The van der Waals surface area contributed by atoms with E-state index in [0.717, 1.165) is 63.2 Å². The Hall–Kier alpha value is -3.28. The Kier molecular flexibility index (Phi) is 11.9. The van der Waals surface area contributed by atoms with Crippen LogP contribution in [0.4, 0.5) is 11.4 Å². The van der Waals surface area contributed by atoms with E-state index in [1.165, 1.54) is 51.4 Å². The molecule has 0 bridgehead atoms. The van der Waals surface area contributed by atoms with Gasteiger partial charge in [-0.3, -0.25) is 9.59 Å². The summed E-state index contributed by atoms with van der Waals surface area (Å²) in [6.45, 7) is 12.8. The molecule has 228 valence electrons. The molecule has 0 aromatic heterocycles. The lowest BCUT2D eigenvalue weighted by Crippen LogP contribution is -2.25. The number of carbonyl (C=O) groups is 2. The molecule has 0 unspecified atom stereocenters. The van der Waals surface area contributed by atoms with E-state index in [2.05, 4.69) is 37.5 Å². The molecule has 2 heterocycles. The number of unbranched alkanes of at least 4 members (excludes halogenated alkanes) is 8. The molecule has 2 aromatic rings. The molecular weight excluding hydrogens is 524 g/mol. The zero-order valence-corrected chi connectivity index (χ0v) is 26.3. The Balaban J connectivity index is 1.54. The lowest BCUT2D eigenvalue weighted by atomic mass is 10.1. The number of allylic oxidation sites excluding steroid dienone is 2. The molecule has 0 N–H and O–H groups in total. The van der Waals surface area contributed by atoms with Gasteiger partial charge in [0.25, 0.3) is 0 Å². The number of nitrogens with zero attached hydrogens (tertiary/aromatic N) is 2. The number of carbonyl (C=O) groups excluding carboxylic acids is 2. The summed E-state index contributed by atoms with van der Waals surface area (Å²) in [6, 6.07) is 11.6. The molecule has 2 aromatic carbocycles. The van der Waals surface area contributed by atoms with Crippen molar-refractivity contribution in [3.8, 4) is 11.5 Å². The van der Waals surface area contributed by atoms with Gasteiger partial charge in [-0.05, 0) is 49.9 Å². The molecule has 0 amide bonds. The fourth-order valence-electron chi connectivity index (χ4n) is 5.77. The third kappa shape index (κ3) is 7.56. The van der Waals surface area contributed by atoms with Crippen LogP contribution in [-0.4, -0.2) is 37.7 Å². The molecule has 0 saturated carbocycles. The number of ether oxygens (including phenoxy) is 2.